The summed E-state index contributed by atoms with van der Waals surface area (Å²) in [4.78, 5) is 16.5. The average molecular weight is 369 g/mol. The molecule has 1 aromatic heterocycles. The molecule has 1 heterocycles. The third-order valence-electron chi connectivity index (χ3n) is 4.31. The Balaban J connectivity index is 1.62. The Morgan fingerprint density at radius 1 is 1.23 bits per heavy atom. The van der Waals surface area contributed by atoms with E-state index in [1.54, 1.807) is 11.8 Å². The highest BCUT2D eigenvalue weighted by molar-refractivity contribution is 7.98. The van der Waals surface area contributed by atoms with E-state index in [1.807, 2.05) is 42.9 Å². The van der Waals surface area contributed by atoms with Crippen LogP contribution in [-0.2, 0) is 17.9 Å². The van der Waals surface area contributed by atoms with E-state index >= 15 is 0 Å². The molecule has 3 aromatic rings. The Hall–Kier alpha value is -2.31. The molecule has 2 aromatic carbocycles. The predicted molar refractivity (Wildman–Crippen MR) is 108 cm³/mol. The fraction of sp³-hybridized carbons (Fsp3) is 0.300. The summed E-state index contributed by atoms with van der Waals surface area (Å²) < 4.78 is 2.13. The number of carbonyl (C=O) groups is 1. The maximum absolute atomic E-state index is 12.1. The molecule has 0 radical (unpaired) electrons. The Morgan fingerprint density at radius 2 is 2.04 bits per heavy atom. The van der Waals surface area contributed by atoms with Crippen LogP contribution in [0.5, 0.6) is 0 Å². The van der Waals surface area contributed by atoms with Crippen LogP contribution in [0.4, 0.5) is 0 Å². The van der Waals surface area contributed by atoms with E-state index in [0.717, 1.165) is 28.9 Å². The van der Waals surface area contributed by atoms with Gasteiger partial charge in [-0.15, -0.1) is 0 Å². The van der Waals surface area contributed by atoms with Crippen molar-refractivity contribution in [2.45, 2.75) is 25.6 Å². The zero-order valence-corrected chi connectivity index (χ0v) is 15.7. The van der Waals surface area contributed by atoms with Gasteiger partial charge in [0.15, 0.2) is 0 Å². The molecule has 0 bridgehead atoms. The lowest BCUT2D eigenvalue weighted by atomic mass is 10.1. The summed E-state index contributed by atoms with van der Waals surface area (Å²) in [7, 11) is 0. The fourth-order valence-electron chi connectivity index (χ4n) is 2.87. The summed E-state index contributed by atoms with van der Waals surface area (Å²) >= 11 is 1.70. The number of carbonyl (C=O) groups excluding carboxylic acids is 1. The molecule has 0 aliphatic carbocycles. The number of hydrogen-bond donors (Lipinski definition) is 2. The number of rotatable bonds is 8. The van der Waals surface area contributed by atoms with Gasteiger partial charge in [0.05, 0.1) is 23.4 Å². The van der Waals surface area contributed by atoms with Crippen LogP contribution in [-0.4, -0.2) is 33.5 Å². The van der Waals surface area contributed by atoms with E-state index in [2.05, 4.69) is 33.1 Å². The second-order valence-electron chi connectivity index (χ2n) is 6.29. The van der Waals surface area contributed by atoms with Gasteiger partial charge in [-0.2, -0.15) is 11.8 Å². The second-order valence-corrected chi connectivity index (χ2v) is 7.27. The Labute approximate surface area is 158 Å². The van der Waals surface area contributed by atoms with Crippen LogP contribution < -0.4 is 11.1 Å². The van der Waals surface area contributed by atoms with Gasteiger partial charge in [0, 0.05) is 13.1 Å². The fourth-order valence-corrected chi connectivity index (χ4v) is 3.36. The summed E-state index contributed by atoms with van der Waals surface area (Å²) in [5, 5.41) is 2.93. The second kappa shape index (κ2) is 8.87. The van der Waals surface area contributed by atoms with Crippen molar-refractivity contribution in [1.82, 2.24) is 14.9 Å². The maximum atomic E-state index is 12.1. The summed E-state index contributed by atoms with van der Waals surface area (Å²) in [5.74, 6) is 0.799. The van der Waals surface area contributed by atoms with Crippen LogP contribution in [0, 0.1) is 0 Å². The topological polar surface area (TPSA) is 72.9 Å². The van der Waals surface area contributed by atoms with Crippen LogP contribution in [0.25, 0.3) is 11.0 Å². The number of para-hydroxylation sites is 2. The molecule has 0 saturated carbocycles. The van der Waals surface area contributed by atoms with Crippen molar-refractivity contribution in [3.63, 3.8) is 0 Å². The lowest BCUT2D eigenvalue weighted by molar-refractivity contribution is -0.122. The van der Waals surface area contributed by atoms with Crippen molar-refractivity contribution >= 4 is 28.7 Å². The van der Waals surface area contributed by atoms with Crippen LogP contribution in [0.2, 0.25) is 0 Å². The number of hydrogen-bond acceptors (Lipinski definition) is 4. The van der Waals surface area contributed by atoms with Gasteiger partial charge in [-0.3, -0.25) is 4.79 Å². The first-order chi connectivity index (χ1) is 12.7. The van der Waals surface area contributed by atoms with Crippen molar-refractivity contribution in [3.05, 3.63) is 66.0 Å². The number of thioether (sulfide) groups is 1. The number of nitrogens with two attached hydrogens (primary N) is 1. The van der Waals surface area contributed by atoms with Crippen LogP contribution in [0.15, 0.2) is 54.9 Å². The van der Waals surface area contributed by atoms with E-state index in [4.69, 9.17) is 5.73 Å². The van der Waals surface area contributed by atoms with Crippen molar-refractivity contribution in [1.29, 1.82) is 0 Å². The SMILES string of the molecule is CSCC[C@H](N)C(=O)NCc1cccc(Cn2cnc3ccccc32)c1. The lowest BCUT2D eigenvalue weighted by Gasteiger charge is -2.12. The third kappa shape index (κ3) is 4.65. The number of nitrogens with zero attached hydrogens (tertiary/aromatic N) is 2. The molecule has 0 fully saturated rings. The first-order valence-corrected chi connectivity index (χ1v) is 10.1. The largest absolute Gasteiger partial charge is 0.351 e. The molecule has 3 rings (SSSR count). The first-order valence-electron chi connectivity index (χ1n) is 8.67. The third-order valence-corrected chi connectivity index (χ3v) is 4.95. The minimum atomic E-state index is -0.442. The van der Waals surface area contributed by atoms with Gasteiger partial charge in [0.1, 0.15) is 0 Å². The van der Waals surface area contributed by atoms with Gasteiger partial charge in [0.25, 0.3) is 0 Å². The zero-order chi connectivity index (χ0) is 18.4. The molecule has 0 aliphatic heterocycles. The molecule has 0 saturated heterocycles. The standard InChI is InChI=1S/C20H24N4OS/c1-26-10-9-17(21)20(25)22-12-15-5-4-6-16(11-15)13-24-14-23-18-7-2-3-8-19(18)24/h2-8,11,14,17H,9-10,12-13,21H2,1H3,(H,22,25)/t17-/m0/s1. The molecular formula is C20H24N4OS. The molecular weight excluding hydrogens is 344 g/mol. The van der Waals surface area contributed by atoms with Crippen molar-refractivity contribution in [3.8, 4) is 0 Å². The van der Waals surface area contributed by atoms with Gasteiger partial charge in [-0.05, 0) is 41.7 Å². The quantitative estimate of drug-likeness (QED) is 0.641. The maximum Gasteiger partial charge on any atom is 0.237 e. The predicted octanol–water partition coefficient (Wildman–Crippen LogP) is 2.78. The highest BCUT2D eigenvalue weighted by atomic mass is 32.2. The highest BCUT2D eigenvalue weighted by Gasteiger charge is 2.12. The Bertz CT molecular complexity index is 877. The molecule has 0 spiro atoms. The van der Waals surface area contributed by atoms with E-state index in [9.17, 15) is 4.79 Å². The number of amides is 1. The van der Waals surface area contributed by atoms with E-state index in [1.165, 1.54) is 5.56 Å². The summed E-state index contributed by atoms with van der Waals surface area (Å²) in [6.45, 7) is 1.24. The molecule has 6 heteroatoms. The van der Waals surface area contributed by atoms with Crippen LogP contribution in [0.1, 0.15) is 17.5 Å². The summed E-state index contributed by atoms with van der Waals surface area (Å²) in [6.07, 6.45) is 4.57. The van der Waals surface area contributed by atoms with E-state index in [-0.39, 0.29) is 5.91 Å². The molecule has 1 atom stereocenters. The number of aromatic nitrogens is 2. The van der Waals surface area contributed by atoms with Gasteiger partial charge in [-0.25, -0.2) is 4.98 Å². The molecule has 136 valence electrons. The summed E-state index contributed by atoms with van der Waals surface area (Å²) in [5.41, 5.74) is 10.3. The molecule has 5 nitrogen and oxygen atoms in total. The van der Waals surface area contributed by atoms with Crippen LogP contribution >= 0.6 is 11.8 Å². The van der Waals surface area contributed by atoms with Gasteiger partial charge < -0.3 is 15.6 Å². The molecule has 0 unspecified atom stereocenters. The summed E-state index contributed by atoms with van der Waals surface area (Å²) in [6, 6.07) is 15.9. The van der Waals surface area contributed by atoms with Crippen molar-refractivity contribution in [2.24, 2.45) is 5.73 Å². The lowest BCUT2D eigenvalue weighted by Crippen LogP contribution is -2.40. The van der Waals surface area contributed by atoms with Crippen molar-refractivity contribution < 1.29 is 4.79 Å². The van der Waals surface area contributed by atoms with E-state index in [0.29, 0.717) is 13.0 Å². The van der Waals surface area contributed by atoms with Gasteiger partial charge >= 0.3 is 0 Å². The minimum absolute atomic E-state index is 0.0925. The number of nitrogens with one attached hydrogen (secondary N) is 1. The average Bonchev–Trinajstić information content (AvgIpc) is 3.07. The number of benzene rings is 2. The zero-order valence-electron chi connectivity index (χ0n) is 14.9. The normalized spacial score (nSPS) is 12.2. The molecule has 3 N–H and O–H groups in total. The number of fused-ring (bicyclic) bond motifs is 1. The first kappa shape index (κ1) is 18.5. The smallest absolute Gasteiger partial charge is 0.237 e. The Morgan fingerprint density at radius 3 is 2.88 bits per heavy atom. The number of imidazole rings is 1. The highest BCUT2D eigenvalue weighted by Crippen LogP contribution is 2.15. The van der Waals surface area contributed by atoms with Gasteiger partial charge in [0.2, 0.25) is 5.91 Å². The molecule has 26 heavy (non-hydrogen) atoms. The van der Waals surface area contributed by atoms with E-state index < -0.39 is 6.04 Å². The van der Waals surface area contributed by atoms with Gasteiger partial charge in [-0.1, -0.05) is 36.4 Å². The monoisotopic (exact) mass is 368 g/mol. The van der Waals surface area contributed by atoms with Crippen molar-refractivity contribution in [2.75, 3.05) is 12.0 Å². The Kier molecular flexibility index (Phi) is 6.30. The molecule has 1 amide bonds. The van der Waals surface area contributed by atoms with Crippen LogP contribution in [0.3, 0.4) is 0 Å². The minimum Gasteiger partial charge on any atom is -0.351 e. The molecule has 0 aliphatic rings.